The van der Waals surface area contributed by atoms with E-state index in [0.29, 0.717) is 18.4 Å². The molecule has 2 aliphatic rings. The van der Waals surface area contributed by atoms with Crippen LogP contribution in [0.25, 0.3) is 0 Å². The summed E-state index contributed by atoms with van der Waals surface area (Å²) in [4.78, 5) is 25.2. The van der Waals surface area contributed by atoms with E-state index >= 15 is 0 Å². The highest BCUT2D eigenvalue weighted by molar-refractivity contribution is 5.95. The van der Waals surface area contributed by atoms with Crippen molar-refractivity contribution in [2.45, 2.75) is 18.3 Å². The second-order valence-corrected chi connectivity index (χ2v) is 5.72. The Morgan fingerprint density at radius 3 is 2.43 bits per heavy atom. The Bertz CT molecular complexity index is 590. The van der Waals surface area contributed by atoms with Crippen LogP contribution in [0.3, 0.4) is 0 Å². The van der Waals surface area contributed by atoms with E-state index in [1.807, 2.05) is 0 Å². The minimum Gasteiger partial charge on any atom is -0.481 e. The molecule has 1 amide bonds. The number of anilines is 1. The number of benzene rings is 1. The van der Waals surface area contributed by atoms with Gasteiger partial charge in [-0.3, -0.25) is 9.59 Å². The molecule has 2 fully saturated rings. The van der Waals surface area contributed by atoms with Crippen LogP contribution < -0.4 is 16.0 Å². The van der Waals surface area contributed by atoms with Gasteiger partial charge in [0, 0.05) is 37.4 Å². The Balaban J connectivity index is 2.06. The summed E-state index contributed by atoms with van der Waals surface area (Å²) in [6.45, 7) is 3.29. The van der Waals surface area contributed by atoms with Crippen LogP contribution in [-0.2, 0) is 10.2 Å². The van der Waals surface area contributed by atoms with Crippen molar-refractivity contribution in [3.05, 3.63) is 29.3 Å². The minimum absolute atomic E-state index is 0.425. The number of carbonyl (C=O) groups is 2. The fourth-order valence-corrected chi connectivity index (χ4v) is 2.98. The summed E-state index contributed by atoms with van der Waals surface area (Å²) in [5.74, 6) is -1.27. The number of hydrogen-bond acceptors (Lipinski definition) is 4. The van der Waals surface area contributed by atoms with Gasteiger partial charge in [-0.1, -0.05) is 6.07 Å². The fraction of sp³-hybridized carbons (Fsp3) is 0.467. The molecule has 21 heavy (non-hydrogen) atoms. The lowest BCUT2D eigenvalue weighted by atomic mass is 9.92. The van der Waals surface area contributed by atoms with Gasteiger partial charge in [0.15, 0.2) is 0 Å². The minimum atomic E-state index is -0.786. The van der Waals surface area contributed by atoms with Crippen molar-refractivity contribution in [2.75, 3.05) is 31.1 Å². The number of nitrogens with zero attached hydrogens (tertiary/aromatic N) is 1. The van der Waals surface area contributed by atoms with E-state index in [4.69, 9.17) is 5.73 Å². The third-order valence-corrected chi connectivity index (χ3v) is 4.41. The number of amides is 1. The van der Waals surface area contributed by atoms with Gasteiger partial charge in [0.1, 0.15) is 0 Å². The number of hydrogen-bond donors (Lipinski definition) is 3. The van der Waals surface area contributed by atoms with E-state index in [-0.39, 0.29) is 0 Å². The largest absolute Gasteiger partial charge is 0.481 e. The monoisotopic (exact) mass is 289 g/mol. The molecule has 1 aliphatic heterocycles. The highest BCUT2D eigenvalue weighted by atomic mass is 16.4. The van der Waals surface area contributed by atoms with Gasteiger partial charge in [-0.15, -0.1) is 0 Å². The predicted molar refractivity (Wildman–Crippen MR) is 78.6 cm³/mol. The standard InChI is InChI=1S/C15H19N3O3/c16-13(19)10-1-2-11(15(3-4-15)14(20)21)12(9-10)18-7-5-17-6-8-18/h1-2,9,17H,3-8H2,(H2,16,19)(H,20,21). The number of carboxylic acid groups (broad SMARTS) is 1. The lowest BCUT2D eigenvalue weighted by Crippen LogP contribution is -2.44. The zero-order valence-electron chi connectivity index (χ0n) is 11.8. The second kappa shape index (κ2) is 5.04. The average Bonchev–Trinajstić information content (AvgIpc) is 3.29. The molecule has 0 radical (unpaired) electrons. The van der Waals surface area contributed by atoms with Crippen LogP contribution in [0.15, 0.2) is 18.2 Å². The van der Waals surface area contributed by atoms with Crippen LogP contribution in [0, 0.1) is 0 Å². The number of carboxylic acids is 1. The topological polar surface area (TPSA) is 95.7 Å². The van der Waals surface area contributed by atoms with Crippen LogP contribution in [0.5, 0.6) is 0 Å². The second-order valence-electron chi connectivity index (χ2n) is 5.72. The predicted octanol–water partition coefficient (Wildman–Crippen LogP) is 0.311. The number of rotatable bonds is 4. The van der Waals surface area contributed by atoms with Crippen molar-refractivity contribution in [3.8, 4) is 0 Å². The highest BCUT2D eigenvalue weighted by Crippen LogP contribution is 2.51. The van der Waals surface area contributed by atoms with Gasteiger partial charge in [-0.2, -0.15) is 0 Å². The van der Waals surface area contributed by atoms with E-state index in [1.54, 1.807) is 18.2 Å². The van der Waals surface area contributed by atoms with Crippen molar-refractivity contribution in [1.29, 1.82) is 0 Å². The smallest absolute Gasteiger partial charge is 0.314 e. The third-order valence-electron chi connectivity index (χ3n) is 4.41. The molecule has 0 spiro atoms. The van der Waals surface area contributed by atoms with Crippen LogP contribution in [0.1, 0.15) is 28.8 Å². The number of piperazine rings is 1. The maximum Gasteiger partial charge on any atom is 0.314 e. The van der Waals surface area contributed by atoms with Crippen LogP contribution in [0.4, 0.5) is 5.69 Å². The average molecular weight is 289 g/mol. The maximum absolute atomic E-state index is 11.6. The zero-order chi connectivity index (χ0) is 15.0. The molecule has 1 aliphatic carbocycles. The number of primary amides is 1. The van der Waals surface area contributed by atoms with Crippen LogP contribution in [0.2, 0.25) is 0 Å². The SMILES string of the molecule is NC(=O)c1ccc(C2(C(=O)O)CC2)c(N2CCNCC2)c1. The lowest BCUT2D eigenvalue weighted by Gasteiger charge is -2.32. The van der Waals surface area contributed by atoms with Crippen molar-refractivity contribution >= 4 is 17.6 Å². The number of nitrogens with one attached hydrogen (secondary N) is 1. The molecule has 1 saturated heterocycles. The Morgan fingerprint density at radius 1 is 1.24 bits per heavy atom. The molecule has 112 valence electrons. The molecular formula is C15H19N3O3. The first-order chi connectivity index (χ1) is 10.0. The molecule has 0 unspecified atom stereocenters. The number of carbonyl (C=O) groups excluding carboxylic acids is 1. The maximum atomic E-state index is 11.6. The van der Waals surface area contributed by atoms with E-state index in [9.17, 15) is 14.7 Å². The van der Waals surface area contributed by atoms with E-state index in [1.165, 1.54) is 0 Å². The molecule has 1 saturated carbocycles. The van der Waals surface area contributed by atoms with Crippen molar-refractivity contribution < 1.29 is 14.7 Å². The Labute approximate surface area is 122 Å². The van der Waals surface area contributed by atoms with Gasteiger partial charge in [-0.05, 0) is 30.5 Å². The first kappa shape index (κ1) is 13.9. The Hall–Kier alpha value is -2.08. The van der Waals surface area contributed by atoms with Crippen molar-refractivity contribution in [1.82, 2.24) is 5.32 Å². The van der Waals surface area contributed by atoms with E-state index in [0.717, 1.165) is 37.4 Å². The molecule has 0 aromatic heterocycles. The van der Waals surface area contributed by atoms with Gasteiger partial charge in [-0.25, -0.2) is 0 Å². The summed E-state index contributed by atoms with van der Waals surface area (Å²) in [7, 11) is 0. The summed E-state index contributed by atoms with van der Waals surface area (Å²) >= 11 is 0. The van der Waals surface area contributed by atoms with Crippen LogP contribution in [-0.4, -0.2) is 43.2 Å². The fourth-order valence-electron chi connectivity index (χ4n) is 2.98. The van der Waals surface area contributed by atoms with E-state index < -0.39 is 17.3 Å². The third kappa shape index (κ3) is 2.35. The molecule has 1 heterocycles. The number of aliphatic carboxylic acids is 1. The summed E-state index contributed by atoms with van der Waals surface area (Å²) < 4.78 is 0. The van der Waals surface area contributed by atoms with Crippen molar-refractivity contribution in [3.63, 3.8) is 0 Å². The molecule has 0 bridgehead atoms. The first-order valence-corrected chi connectivity index (χ1v) is 7.18. The molecule has 1 aromatic carbocycles. The number of nitrogens with two attached hydrogens (primary N) is 1. The Morgan fingerprint density at radius 2 is 1.90 bits per heavy atom. The molecule has 3 rings (SSSR count). The molecular weight excluding hydrogens is 270 g/mol. The molecule has 0 atom stereocenters. The molecule has 6 nitrogen and oxygen atoms in total. The molecule has 1 aromatic rings. The Kier molecular flexibility index (Phi) is 3.33. The van der Waals surface area contributed by atoms with Crippen molar-refractivity contribution in [2.24, 2.45) is 5.73 Å². The highest BCUT2D eigenvalue weighted by Gasteiger charge is 2.53. The van der Waals surface area contributed by atoms with Gasteiger partial charge < -0.3 is 21.1 Å². The van der Waals surface area contributed by atoms with Gasteiger partial charge >= 0.3 is 5.97 Å². The van der Waals surface area contributed by atoms with Crippen LogP contribution >= 0.6 is 0 Å². The van der Waals surface area contributed by atoms with Gasteiger partial charge in [0.25, 0.3) is 0 Å². The molecule has 4 N–H and O–H groups in total. The molecule has 6 heteroatoms. The summed E-state index contributed by atoms with van der Waals surface area (Å²) in [5, 5.41) is 12.8. The first-order valence-electron chi connectivity index (χ1n) is 7.18. The summed E-state index contributed by atoms with van der Waals surface area (Å²) in [5.41, 5.74) is 6.65. The quantitative estimate of drug-likeness (QED) is 0.741. The summed E-state index contributed by atoms with van der Waals surface area (Å²) in [6, 6.07) is 5.14. The lowest BCUT2D eigenvalue weighted by molar-refractivity contribution is -0.140. The zero-order valence-corrected chi connectivity index (χ0v) is 11.8. The summed E-state index contributed by atoms with van der Waals surface area (Å²) in [6.07, 6.45) is 1.30. The van der Waals surface area contributed by atoms with Gasteiger partial charge in [0.05, 0.1) is 5.41 Å². The normalized spacial score (nSPS) is 20.1. The van der Waals surface area contributed by atoms with Gasteiger partial charge in [0.2, 0.25) is 5.91 Å². The van der Waals surface area contributed by atoms with E-state index in [2.05, 4.69) is 10.2 Å².